The van der Waals surface area contributed by atoms with Crippen LogP contribution >= 0.6 is 0 Å². The van der Waals surface area contributed by atoms with Crippen molar-refractivity contribution in [1.29, 1.82) is 0 Å². The number of anilines is 1. The highest BCUT2D eigenvalue weighted by atomic mass is 19.1. The van der Waals surface area contributed by atoms with E-state index in [0.717, 1.165) is 24.5 Å². The van der Waals surface area contributed by atoms with Gasteiger partial charge in [0.2, 0.25) is 0 Å². The lowest BCUT2D eigenvalue weighted by atomic mass is 10.1. The summed E-state index contributed by atoms with van der Waals surface area (Å²) in [5, 5.41) is 12.9. The molecule has 2 N–H and O–H groups in total. The molecule has 7 heteroatoms. The van der Waals surface area contributed by atoms with Crippen molar-refractivity contribution in [3.8, 4) is 0 Å². The number of rotatable bonds is 3. The van der Waals surface area contributed by atoms with Crippen LogP contribution < -0.4 is 15.5 Å². The minimum absolute atomic E-state index is 0. The lowest BCUT2D eigenvalue weighted by Crippen LogP contribution is -2.32. The second-order valence-electron chi connectivity index (χ2n) is 6.16. The lowest BCUT2D eigenvalue weighted by molar-refractivity contribution is 0.242. The van der Waals surface area contributed by atoms with Crippen LogP contribution in [0.1, 0.15) is 31.8 Å². The first-order valence-corrected chi connectivity index (χ1v) is 8.83. The zero-order valence-corrected chi connectivity index (χ0v) is 15.3. The Hall–Kier alpha value is -2.70. The lowest BCUT2D eigenvalue weighted by Gasteiger charge is -2.26. The molecule has 0 bridgehead atoms. The molecule has 26 heavy (non-hydrogen) atoms. The summed E-state index contributed by atoms with van der Waals surface area (Å²) in [5.41, 5.74) is 1.47. The molecule has 6 nitrogen and oxygen atoms in total. The van der Waals surface area contributed by atoms with Crippen molar-refractivity contribution >= 4 is 11.8 Å². The zero-order chi connectivity index (χ0) is 18.8. The third-order valence-electron chi connectivity index (χ3n) is 4.11. The SMILES string of the molecule is CNC(=O)NCc1cc(C)ccc1F.[HH].c1cnnc(N2CCCCC2)c1. The molecule has 0 unspecified atom stereocenters. The summed E-state index contributed by atoms with van der Waals surface area (Å²) < 4.78 is 13.2. The maximum Gasteiger partial charge on any atom is 0.314 e. The minimum atomic E-state index is -0.314. The van der Waals surface area contributed by atoms with Crippen LogP contribution in [-0.2, 0) is 6.54 Å². The molecule has 1 aliphatic heterocycles. The highest BCUT2D eigenvalue weighted by molar-refractivity contribution is 5.73. The van der Waals surface area contributed by atoms with Gasteiger partial charge >= 0.3 is 6.03 Å². The average molecular weight is 361 g/mol. The van der Waals surface area contributed by atoms with E-state index in [-0.39, 0.29) is 19.8 Å². The van der Waals surface area contributed by atoms with E-state index in [4.69, 9.17) is 0 Å². The molecule has 1 aromatic heterocycles. The van der Waals surface area contributed by atoms with Gasteiger partial charge in [0.25, 0.3) is 0 Å². The first-order valence-electron chi connectivity index (χ1n) is 8.83. The standard InChI is InChI=1S/C10H13FN2O.C9H13N3.H2/c1-7-3-4-9(11)8(5-7)6-13-10(14)12-2;1-2-7-12(8-3-1)9-5-4-6-10-11-9;/h3-5H,6H2,1-2H3,(H2,12,13,14);4-6H,1-3,7-8H2;1H. The summed E-state index contributed by atoms with van der Waals surface area (Å²) in [6.07, 6.45) is 5.65. The van der Waals surface area contributed by atoms with E-state index in [2.05, 4.69) is 25.7 Å². The molecule has 0 spiro atoms. The number of carbonyl (C=O) groups is 1. The Bertz CT molecular complexity index is 696. The summed E-state index contributed by atoms with van der Waals surface area (Å²) in [6.45, 7) is 4.35. The number of hydrogen-bond acceptors (Lipinski definition) is 4. The zero-order valence-electron chi connectivity index (χ0n) is 15.3. The Labute approximate surface area is 155 Å². The summed E-state index contributed by atoms with van der Waals surface area (Å²) in [6, 6.07) is 8.46. The van der Waals surface area contributed by atoms with Crippen molar-refractivity contribution < 1.29 is 10.6 Å². The second kappa shape index (κ2) is 10.3. The molecule has 0 aliphatic carbocycles. The quantitative estimate of drug-likeness (QED) is 0.880. The largest absolute Gasteiger partial charge is 0.355 e. The summed E-state index contributed by atoms with van der Waals surface area (Å²) in [5.74, 6) is 0.726. The van der Waals surface area contributed by atoms with Crippen LogP contribution in [-0.4, -0.2) is 36.4 Å². The van der Waals surface area contributed by atoms with Crippen molar-refractivity contribution in [3.63, 3.8) is 0 Å². The van der Waals surface area contributed by atoms with Gasteiger partial charge in [0.15, 0.2) is 5.82 Å². The molecule has 0 radical (unpaired) electrons. The Morgan fingerprint density at radius 2 is 2.04 bits per heavy atom. The predicted molar refractivity (Wildman–Crippen MR) is 103 cm³/mol. The Balaban J connectivity index is 0.000000262. The van der Waals surface area contributed by atoms with Gasteiger partial charge < -0.3 is 15.5 Å². The van der Waals surface area contributed by atoms with Gasteiger partial charge in [-0.2, -0.15) is 5.10 Å². The Morgan fingerprint density at radius 1 is 1.27 bits per heavy atom. The number of nitrogens with zero attached hydrogens (tertiary/aromatic N) is 3. The molecule has 142 valence electrons. The first-order chi connectivity index (χ1) is 12.6. The van der Waals surface area contributed by atoms with Gasteiger partial charge in [-0.1, -0.05) is 17.7 Å². The van der Waals surface area contributed by atoms with Gasteiger partial charge in [0.1, 0.15) is 5.82 Å². The smallest absolute Gasteiger partial charge is 0.314 e. The number of aromatic nitrogens is 2. The molecule has 1 fully saturated rings. The van der Waals surface area contributed by atoms with Crippen LogP contribution in [0.15, 0.2) is 36.5 Å². The topological polar surface area (TPSA) is 70.1 Å². The number of benzene rings is 1. The van der Waals surface area contributed by atoms with Crippen LogP contribution in [0, 0.1) is 12.7 Å². The van der Waals surface area contributed by atoms with Crippen LogP contribution in [0.5, 0.6) is 0 Å². The number of amides is 2. The normalized spacial score (nSPS) is 13.4. The van der Waals surface area contributed by atoms with Gasteiger partial charge in [-0.05, 0) is 44.4 Å². The van der Waals surface area contributed by atoms with E-state index in [1.165, 1.54) is 32.4 Å². The maximum absolute atomic E-state index is 13.2. The van der Waals surface area contributed by atoms with E-state index in [9.17, 15) is 9.18 Å². The van der Waals surface area contributed by atoms with Gasteiger partial charge in [-0.25, -0.2) is 9.18 Å². The van der Waals surface area contributed by atoms with Crippen LogP contribution in [0.2, 0.25) is 0 Å². The van der Waals surface area contributed by atoms with E-state index >= 15 is 0 Å². The minimum Gasteiger partial charge on any atom is -0.355 e. The van der Waals surface area contributed by atoms with Crippen LogP contribution in [0.4, 0.5) is 15.0 Å². The Morgan fingerprint density at radius 3 is 2.69 bits per heavy atom. The highest BCUT2D eigenvalue weighted by Gasteiger charge is 2.11. The third kappa shape index (κ3) is 6.31. The first kappa shape index (κ1) is 19.6. The number of piperidine rings is 1. The van der Waals surface area contributed by atoms with E-state index < -0.39 is 0 Å². The molecule has 3 rings (SSSR count). The molecule has 2 aromatic rings. The second-order valence-corrected chi connectivity index (χ2v) is 6.16. The van der Waals surface area contributed by atoms with Gasteiger partial charge in [-0.3, -0.25) is 0 Å². The molecule has 0 atom stereocenters. The Kier molecular flexibility index (Phi) is 7.79. The molecule has 2 amide bonds. The fourth-order valence-corrected chi connectivity index (χ4v) is 2.69. The fourth-order valence-electron chi connectivity index (χ4n) is 2.69. The van der Waals surface area contributed by atoms with Gasteiger partial charge in [0, 0.05) is 39.9 Å². The molecule has 2 heterocycles. The predicted octanol–water partition coefficient (Wildman–Crippen LogP) is 3.28. The number of aryl methyl sites for hydroxylation is 1. The number of urea groups is 1. The molecule has 1 saturated heterocycles. The molecule has 1 aromatic carbocycles. The molecule has 1 aliphatic rings. The highest BCUT2D eigenvalue weighted by Crippen LogP contribution is 2.15. The van der Waals surface area contributed by atoms with Gasteiger partial charge in [0.05, 0.1) is 0 Å². The van der Waals surface area contributed by atoms with Crippen LogP contribution in [0.25, 0.3) is 0 Å². The fraction of sp³-hybridized carbons (Fsp3) is 0.421. The molecular formula is C19H28FN5O. The van der Waals surface area contributed by atoms with Crippen molar-refractivity contribution in [2.24, 2.45) is 0 Å². The number of hydrogen-bond donors (Lipinski definition) is 2. The number of halogens is 1. The van der Waals surface area contributed by atoms with E-state index in [1.54, 1.807) is 18.3 Å². The number of carbonyl (C=O) groups excluding carboxylic acids is 1. The van der Waals surface area contributed by atoms with E-state index in [0.29, 0.717) is 5.56 Å². The van der Waals surface area contributed by atoms with E-state index in [1.807, 2.05) is 19.1 Å². The van der Waals surface area contributed by atoms with Crippen molar-refractivity contribution in [2.75, 3.05) is 25.0 Å². The van der Waals surface area contributed by atoms with Crippen molar-refractivity contribution in [2.45, 2.75) is 32.7 Å². The summed E-state index contributed by atoms with van der Waals surface area (Å²) >= 11 is 0. The van der Waals surface area contributed by atoms with Crippen LogP contribution in [0.3, 0.4) is 0 Å². The maximum atomic E-state index is 13.2. The van der Waals surface area contributed by atoms with Crippen molar-refractivity contribution in [1.82, 2.24) is 20.8 Å². The third-order valence-corrected chi connectivity index (χ3v) is 4.11. The molecule has 0 saturated carbocycles. The summed E-state index contributed by atoms with van der Waals surface area (Å²) in [7, 11) is 1.52. The van der Waals surface area contributed by atoms with Gasteiger partial charge in [-0.15, -0.1) is 5.10 Å². The average Bonchev–Trinajstić information content (AvgIpc) is 2.70. The summed E-state index contributed by atoms with van der Waals surface area (Å²) in [4.78, 5) is 13.1. The molecular weight excluding hydrogens is 333 g/mol. The van der Waals surface area contributed by atoms with Crippen molar-refractivity contribution in [3.05, 3.63) is 53.5 Å². The monoisotopic (exact) mass is 361 g/mol. The number of nitrogens with one attached hydrogen (secondary N) is 2.